The van der Waals surface area contributed by atoms with Crippen LogP contribution in [0.4, 0.5) is 0 Å². The molecule has 1 heterocycles. The third-order valence-corrected chi connectivity index (χ3v) is 5.69. The molecule has 0 aliphatic carbocycles. The molecule has 0 radical (unpaired) electrons. The van der Waals surface area contributed by atoms with E-state index < -0.39 is 0 Å². The Morgan fingerprint density at radius 3 is 2.42 bits per heavy atom. The Bertz CT molecular complexity index is 514. The molecule has 4 heteroatoms. The van der Waals surface area contributed by atoms with E-state index in [9.17, 15) is 0 Å². The summed E-state index contributed by atoms with van der Waals surface area (Å²) < 4.78 is 2.34. The van der Waals surface area contributed by atoms with E-state index in [1.165, 1.54) is 19.8 Å². The number of hydrogen-bond acceptors (Lipinski definition) is 2. The van der Waals surface area contributed by atoms with Gasteiger partial charge in [0, 0.05) is 9.35 Å². The highest BCUT2D eigenvalue weighted by molar-refractivity contribution is 9.11. The third-order valence-electron chi connectivity index (χ3n) is 2.96. The standard InChI is InChI=1S/C15H17Br2NS/c1-3-8-18-14(11-4-6-12(16)7-5-11)13-9-10(2)15(17)19-13/h4-7,9,14,18H,3,8H2,1-2H3. The van der Waals surface area contributed by atoms with Gasteiger partial charge in [0.25, 0.3) is 0 Å². The van der Waals surface area contributed by atoms with E-state index in [1.807, 2.05) is 11.3 Å². The van der Waals surface area contributed by atoms with Crippen molar-refractivity contribution in [2.75, 3.05) is 6.54 Å². The molecule has 19 heavy (non-hydrogen) atoms. The van der Waals surface area contributed by atoms with Crippen molar-refractivity contribution in [1.82, 2.24) is 5.32 Å². The fourth-order valence-corrected chi connectivity index (χ4v) is 3.89. The van der Waals surface area contributed by atoms with Gasteiger partial charge in [0.1, 0.15) is 0 Å². The van der Waals surface area contributed by atoms with Gasteiger partial charge >= 0.3 is 0 Å². The van der Waals surface area contributed by atoms with Crippen molar-refractivity contribution in [3.63, 3.8) is 0 Å². The molecular formula is C15H17Br2NS. The van der Waals surface area contributed by atoms with Crippen molar-refractivity contribution < 1.29 is 0 Å². The molecule has 0 aliphatic rings. The van der Waals surface area contributed by atoms with E-state index in [-0.39, 0.29) is 6.04 Å². The van der Waals surface area contributed by atoms with Gasteiger partial charge in [0.05, 0.1) is 9.83 Å². The Balaban J connectivity index is 2.32. The first-order chi connectivity index (χ1) is 9.11. The van der Waals surface area contributed by atoms with Gasteiger partial charge in [-0.05, 0) is 65.1 Å². The van der Waals surface area contributed by atoms with E-state index in [0.717, 1.165) is 17.4 Å². The third kappa shape index (κ3) is 3.91. The maximum Gasteiger partial charge on any atom is 0.0731 e. The van der Waals surface area contributed by atoms with Gasteiger partial charge in [-0.3, -0.25) is 0 Å². The van der Waals surface area contributed by atoms with Crippen LogP contribution < -0.4 is 5.32 Å². The molecule has 1 nitrogen and oxygen atoms in total. The fourth-order valence-electron chi connectivity index (χ4n) is 1.95. The first-order valence-corrected chi connectivity index (χ1v) is 8.76. The Hall–Kier alpha value is -0.160. The largest absolute Gasteiger partial charge is 0.306 e. The van der Waals surface area contributed by atoms with Crippen molar-refractivity contribution in [2.24, 2.45) is 0 Å². The van der Waals surface area contributed by atoms with E-state index in [4.69, 9.17) is 0 Å². The predicted octanol–water partition coefficient (Wildman–Crippen LogP) is 5.67. The second kappa shape index (κ2) is 7.02. The van der Waals surface area contributed by atoms with Crippen LogP contribution in [0.3, 0.4) is 0 Å². The molecule has 0 saturated carbocycles. The van der Waals surface area contributed by atoms with Crippen LogP contribution in [-0.4, -0.2) is 6.54 Å². The average Bonchev–Trinajstić information content (AvgIpc) is 2.72. The lowest BCUT2D eigenvalue weighted by Gasteiger charge is -2.17. The summed E-state index contributed by atoms with van der Waals surface area (Å²) >= 11 is 8.93. The molecule has 0 amide bonds. The van der Waals surface area contributed by atoms with Crippen LogP contribution in [0.2, 0.25) is 0 Å². The Morgan fingerprint density at radius 1 is 1.21 bits per heavy atom. The highest BCUT2D eigenvalue weighted by Gasteiger charge is 2.16. The highest BCUT2D eigenvalue weighted by atomic mass is 79.9. The molecule has 0 aliphatic heterocycles. The van der Waals surface area contributed by atoms with Crippen LogP contribution in [0.15, 0.2) is 38.6 Å². The van der Waals surface area contributed by atoms with Gasteiger partial charge in [0.15, 0.2) is 0 Å². The number of aryl methyl sites for hydroxylation is 1. The summed E-state index contributed by atoms with van der Waals surface area (Å²) in [6.07, 6.45) is 1.14. The van der Waals surface area contributed by atoms with Gasteiger partial charge in [0.2, 0.25) is 0 Å². The summed E-state index contributed by atoms with van der Waals surface area (Å²) in [6.45, 7) is 5.36. The van der Waals surface area contributed by atoms with E-state index >= 15 is 0 Å². The second-order valence-corrected chi connectivity index (χ2v) is 7.86. The van der Waals surface area contributed by atoms with Crippen LogP contribution >= 0.6 is 43.2 Å². The topological polar surface area (TPSA) is 12.0 Å². The van der Waals surface area contributed by atoms with E-state index in [2.05, 4.69) is 81.4 Å². The van der Waals surface area contributed by atoms with Gasteiger partial charge in [-0.15, -0.1) is 11.3 Å². The van der Waals surface area contributed by atoms with Crippen molar-refractivity contribution >= 4 is 43.2 Å². The number of halogens is 2. The average molecular weight is 403 g/mol. The minimum Gasteiger partial charge on any atom is -0.306 e. The number of nitrogens with one attached hydrogen (secondary N) is 1. The first-order valence-electron chi connectivity index (χ1n) is 6.36. The number of hydrogen-bond donors (Lipinski definition) is 1. The highest BCUT2D eigenvalue weighted by Crippen LogP contribution is 2.34. The lowest BCUT2D eigenvalue weighted by molar-refractivity contribution is 0.605. The minimum atomic E-state index is 0.281. The molecule has 0 saturated heterocycles. The van der Waals surface area contributed by atoms with Gasteiger partial charge in [-0.1, -0.05) is 35.0 Å². The molecule has 1 atom stereocenters. The van der Waals surface area contributed by atoms with E-state index in [1.54, 1.807) is 0 Å². The molecule has 0 bridgehead atoms. The minimum absolute atomic E-state index is 0.281. The Morgan fingerprint density at radius 2 is 1.89 bits per heavy atom. The monoisotopic (exact) mass is 401 g/mol. The van der Waals surface area contributed by atoms with Crippen molar-refractivity contribution in [3.8, 4) is 0 Å². The molecule has 2 aromatic rings. The molecule has 1 aromatic carbocycles. The fraction of sp³-hybridized carbons (Fsp3) is 0.333. The summed E-state index contributed by atoms with van der Waals surface area (Å²) in [5.41, 5.74) is 2.62. The van der Waals surface area contributed by atoms with Crippen LogP contribution in [0.25, 0.3) is 0 Å². The van der Waals surface area contributed by atoms with Gasteiger partial charge < -0.3 is 5.32 Å². The SMILES string of the molecule is CCCNC(c1ccc(Br)cc1)c1cc(C)c(Br)s1. The number of rotatable bonds is 5. The van der Waals surface area contributed by atoms with Crippen molar-refractivity contribution in [3.05, 3.63) is 54.6 Å². The summed E-state index contributed by atoms with van der Waals surface area (Å²) in [4.78, 5) is 1.36. The summed E-state index contributed by atoms with van der Waals surface area (Å²) in [5.74, 6) is 0. The van der Waals surface area contributed by atoms with Crippen molar-refractivity contribution in [1.29, 1.82) is 0 Å². The number of benzene rings is 1. The second-order valence-electron chi connectivity index (χ2n) is 4.54. The van der Waals surface area contributed by atoms with Gasteiger partial charge in [-0.25, -0.2) is 0 Å². The van der Waals surface area contributed by atoms with Crippen LogP contribution in [0.1, 0.15) is 35.4 Å². The lowest BCUT2D eigenvalue weighted by atomic mass is 10.0. The normalized spacial score (nSPS) is 12.6. The Labute approximate surface area is 135 Å². The molecule has 2 rings (SSSR count). The van der Waals surface area contributed by atoms with E-state index in [0.29, 0.717) is 0 Å². The maximum atomic E-state index is 3.64. The smallest absolute Gasteiger partial charge is 0.0731 e. The van der Waals surface area contributed by atoms with Crippen LogP contribution in [0.5, 0.6) is 0 Å². The maximum absolute atomic E-state index is 3.64. The Kier molecular flexibility index (Phi) is 5.63. The number of thiophene rings is 1. The summed E-state index contributed by atoms with van der Waals surface area (Å²) in [6, 6.07) is 11.1. The molecule has 0 spiro atoms. The zero-order valence-electron chi connectivity index (χ0n) is 11.0. The predicted molar refractivity (Wildman–Crippen MR) is 91.0 cm³/mol. The molecule has 1 unspecified atom stereocenters. The zero-order valence-corrected chi connectivity index (χ0v) is 15.0. The van der Waals surface area contributed by atoms with Crippen LogP contribution in [0, 0.1) is 6.92 Å². The quantitative estimate of drug-likeness (QED) is 0.679. The summed E-state index contributed by atoms with van der Waals surface area (Å²) in [7, 11) is 0. The van der Waals surface area contributed by atoms with Crippen molar-refractivity contribution in [2.45, 2.75) is 26.3 Å². The molecule has 0 fully saturated rings. The summed E-state index contributed by atoms with van der Waals surface area (Å²) in [5, 5.41) is 3.64. The molecule has 1 N–H and O–H groups in total. The van der Waals surface area contributed by atoms with Gasteiger partial charge in [-0.2, -0.15) is 0 Å². The molecular weight excluding hydrogens is 386 g/mol. The van der Waals surface area contributed by atoms with Crippen LogP contribution in [-0.2, 0) is 0 Å². The molecule has 1 aromatic heterocycles. The zero-order chi connectivity index (χ0) is 13.8. The molecule has 102 valence electrons. The first kappa shape index (κ1) is 15.2. The lowest BCUT2D eigenvalue weighted by Crippen LogP contribution is -2.22.